The Labute approximate surface area is 113 Å². The maximum atomic E-state index is 11.2. The van der Waals surface area contributed by atoms with Crippen molar-refractivity contribution in [2.45, 2.75) is 26.9 Å². The number of rotatable bonds is 4. The van der Waals surface area contributed by atoms with E-state index in [2.05, 4.69) is 4.98 Å². The summed E-state index contributed by atoms with van der Waals surface area (Å²) in [6.07, 6.45) is 1.77. The SMILES string of the molecule is CC(=O)c1ccc(-c2ccc(OC(C)C)cc2)nc1. The molecule has 0 aliphatic rings. The molecule has 98 valence electrons. The Bertz CT molecular complexity index is 556. The highest BCUT2D eigenvalue weighted by atomic mass is 16.5. The summed E-state index contributed by atoms with van der Waals surface area (Å²) in [6.45, 7) is 5.53. The fourth-order valence-electron chi connectivity index (χ4n) is 1.75. The van der Waals surface area contributed by atoms with Crippen LogP contribution in [0.4, 0.5) is 0 Å². The number of aromatic nitrogens is 1. The molecule has 3 nitrogen and oxygen atoms in total. The summed E-state index contributed by atoms with van der Waals surface area (Å²) in [4.78, 5) is 15.5. The van der Waals surface area contributed by atoms with Crippen LogP contribution in [0.5, 0.6) is 5.75 Å². The van der Waals surface area contributed by atoms with Gasteiger partial charge in [-0.1, -0.05) is 0 Å². The first kappa shape index (κ1) is 13.3. The number of Topliss-reactive ketones (excluding diaryl/α,β-unsaturated/α-hetero) is 1. The van der Waals surface area contributed by atoms with Gasteiger partial charge >= 0.3 is 0 Å². The highest BCUT2D eigenvalue weighted by Crippen LogP contribution is 2.21. The van der Waals surface area contributed by atoms with E-state index in [-0.39, 0.29) is 11.9 Å². The summed E-state index contributed by atoms with van der Waals surface area (Å²) >= 11 is 0. The molecule has 3 heteroatoms. The van der Waals surface area contributed by atoms with Crippen LogP contribution in [0.2, 0.25) is 0 Å². The zero-order valence-corrected chi connectivity index (χ0v) is 11.4. The molecule has 0 saturated carbocycles. The third kappa shape index (κ3) is 3.41. The average Bonchev–Trinajstić information content (AvgIpc) is 2.39. The predicted molar refractivity (Wildman–Crippen MR) is 75.4 cm³/mol. The van der Waals surface area contributed by atoms with Gasteiger partial charge in [0.2, 0.25) is 0 Å². The quantitative estimate of drug-likeness (QED) is 0.781. The number of benzene rings is 1. The fraction of sp³-hybridized carbons (Fsp3) is 0.250. The number of hydrogen-bond donors (Lipinski definition) is 0. The van der Waals surface area contributed by atoms with E-state index >= 15 is 0 Å². The second kappa shape index (κ2) is 5.65. The summed E-state index contributed by atoms with van der Waals surface area (Å²) in [7, 11) is 0. The average molecular weight is 255 g/mol. The maximum Gasteiger partial charge on any atom is 0.161 e. The van der Waals surface area contributed by atoms with Gasteiger partial charge in [0.15, 0.2) is 5.78 Å². The molecular weight excluding hydrogens is 238 g/mol. The normalized spacial score (nSPS) is 10.5. The largest absolute Gasteiger partial charge is 0.491 e. The van der Waals surface area contributed by atoms with E-state index in [1.165, 1.54) is 6.92 Å². The fourth-order valence-corrected chi connectivity index (χ4v) is 1.75. The highest BCUT2D eigenvalue weighted by Gasteiger charge is 2.03. The molecule has 2 aromatic rings. The first-order valence-electron chi connectivity index (χ1n) is 6.30. The molecular formula is C16H17NO2. The first-order valence-corrected chi connectivity index (χ1v) is 6.30. The topological polar surface area (TPSA) is 39.2 Å². The third-order valence-electron chi connectivity index (χ3n) is 2.69. The Morgan fingerprint density at radius 1 is 1.11 bits per heavy atom. The molecule has 19 heavy (non-hydrogen) atoms. The number of carbonyl (C=O) groups is 1. The monoisotopic (exact) mass is 255 g/mol. The van der Waals surface area contributed by atoms with E-state index in [1.807, 2.05) is 44.2 Å². The van der Waals surface area contributed by atoms with Crippen LogP contribution in [0, 0.1) is 0 Å². The highest BCUT2D eigenvalue weighted by molar-refractivity contribution is 5.93. The smallest absolute Gasteiger partial charge is 0.161 e. The summed E-state index contributed by atoms with van der Waals surface area (Å²) in [6, 6.07) is 11.4. The van der Waals surface area contributed by atoms with Crippen LogP contribution in [-0.2, 0) is 0 Å². The zero-order chi connectivity index (χ0) is 13.8. The zero-order valence-electron chi connectivity index (χ0n) is 11.4. The molecule has 0 aliphatic carbocycles. The first-order chi connectivity index (χ1) is 9.06. The van der Waals surface area contributed by atoms with Gasteiger partial charge in [0.1, 0.15) is 5.75 Å². The lowest BCUT2D eigenvalue weighted by atomic mass is 10.1. The van der Waals surface area contributed by atoms with E-state index < -0.39 is 0 Å². The lowest BCUT2D eigenvalue weighted by Gasteiger charge is -2.10. The molecule has 0 fully saturated rings. The van der Waals surface area contributed by atoms with Crippen molar-refractivity contribution in [3.63, 3.8) is 0 Å². The molecule has 1 heterocycles. The second-order valence-corrected chi connectivity index (χ2v) is 4.68. The number of carbonyl (C=O) groups excluding carboxylic acids is 1. The molecule has 0 N–H and O–H groups in total. The van der Waals surface area contributed by atoms with Gasteiger partial charge < -0.3 is 4.74 Å². The van der Waals surface area contributed by atoms with Crippen LogP contribution in [0.15, 0.2) is 42.6 Å². The van der Waals surface area contributed by atoms with Crippen molar-refractivity contribution >= 4 is 5.78 Å². The Balaban J connectivity index is 2.19. The standard InChI is InChI=1S/C16H17NO2/c1-11(2)19-15-7-4-13(5-8-15)16-9-6-14(10-17-16)12(3)18/h4-11H,1-3H3. The minimum Gasteiger partial charge on any atom is -0.491 e. The van der Waals surface area contributed by atoms with Crippen molar-refractivity contribution in [1.82, 2.24) is 4.98 Å². The summed E-state index contributed by atoms with van der Waals surface area (Å²) in [5.41, 5.74) is 2.48. The lowest BCUT2D eigenvalue weighted by molar-refractivity contribution is 0.101. The van der Waals surface area contributed by atoms with Crippen LogP contribution in [-0.4, -0.2) is 16.9 Å². The van der Waals surface area contributed by atoms with Gasteiger partial charge in [-0.25, -0.2) is 0 Å². The number of nitrogens with zero attached hydrogens (tertiary/aromatic N) is 1. The Hall–Kier alpha value is -2.16. The number of pyridine rings is 1. The van der Waals surface area contributed by atoms with Crippen molar-refractivity contribution in [2.75, 3.05) is 0 Å². The van der Waals surface area contributed by atoms with Crippen LogP contribution in [0.25, 0.3) is 11.3 Å². The van der Waals surface area contributed by atoms with Gasteiger partial charge in [0.05, 0.1) is 11.8 Å². The molecule has 0 radical (unpaired) electrons. The van der Waals surface area contributed by atoms with E-state index in [9.17, 15) is 4.79 Å². The van der Waals surface area contributed by atoms with Gasteiger partial charge in [-0.3, -0.25) is 9.78 Å². The van der Waals surface area contributed by atoms with E-state index in [0.717, 1.165) is 17.0 Å². The molecule has 1 aromatic carbocycles. The molecule has 0 spiro atoms. The molecule has 0 saturated heterocycles. The molecule has 0 bridgehead atoms. The van der Waals surface area contributed by atoms with Gasteiger partial charge in [0, 0.05) is 17.3 Å². The summed E-state index contributed by atoms with van der Waals surface area (Å²) in [5, 5.41) is 0. The van der Waals surface area contributed by atoms with Crippen LogP contribution in [0.1, 0.15) is 31.1 Å². The third-order valence-corrected chi connectivity index (χ3v) is 2.69. The van der Waals surface area contributed by atoms with Gasteiger partial charge in [-0.15, -0.1) is 0 Å². The van der Waals surface area contributed by atoms with Crippen molar-refractivity contribution in [2.24, 2.45) is 0 Å². The van der Waals surface area contributed by atoms with Crippen LogP contribution in [0.3, 0.4) is 0 Å². The van der Waals surface area contributed by atoms with E-state index in [1.54, 1.807) is 12.3 Å². The minimum absolute atomic E-state index is 0.0275. The Kier molecular flexibility index (Phi) is 3.95. The van der Waals surface area contributed by atoms with E-state index in [0.29, 0.717) is 5.56 Å². The predicted octanol–water partition coefficient (Wildman–Crippen LogP) is 3.74. The molecule has 0 unspecified atom stereocenters. The van der Waals surface area contributed by atoms with Crippen LogP contribution >= 0.6 is 0 Å². The number of ketones is 1. The maximum absolute atomic E-state index is 11.2. The van der Waals surface area contributed by atoms with Crippen molar-refractivity contribution in [3.8, 4) is 17.0 Å². The number of hydrogen-bond acceptors (Lipinski definition) is 3. The molecule has 0 atom stereocenters. The van der Waals surface area contributed by atoms with Gasteiger partial charge in [-0.2, -0.15) is 0 Å². The Morgan fingerprint density at radius 2 is 1.79 bits per heavy atom. The van der Waals surface area contributed by atoms with Crippen LogP contribution < -0.4 is 4.74 Å². The van der Waals surface area contributed by atoms with Gasteiger partial charge in [0.25, 0.3) is 0 Å². The Morgan fingerprint density at radius 3 is 2.26 bits per heavy atom. The van der Waals surface area contributed by atoms with Crippen molar-refractivity contribution < 1.29 is 9.53 Å². The minimum atomic E-state index is 0.0275. The van der Waals surface area contributed by atoms with E-state index in [4.69, 9.17) is 4.74 Å². The van der Waals surface area contributed by atoms with Gasteiger partial charge in [-0.05, 0) is 57.2 Å². The molecule has 1 aromatic heterocycles. The molecule has 0 amide bonds. The van der Waals surface area contributed by atoms with Crippen molar-refractivity contribution in [1.29, 1.82) is 0 Å². The van der Waals surface area contributed by atoms with Crippen molar-refractivity contribution in [3.05, 3.63) is 48.2 Å². The number of ether oxygens (including phenoxy) is 1. The summed E-state index contributed by atoms with van der Waals surface area (Å²) in [5.74, 6) is 0.874. The molecule has 2 rings (SSSR count). The lowest BCUT2D eigenvalue weighted by Crippen LogP contribution is -2.05. The summed E-state index contributed by atoms with van der Waals surface area (Å²) < 4.78 is 5.59. The molecule has 0 aliphatic heterocycles. The second-order valence-electron chi connectivity index (χ2n) is 4.68.